The van der Waals surface area contributed by atoms with Gasteiger partial charge in [0.25, 0.3) is 5.91 Å². The van der Waals surface area contributed by atoms with E-state index in [2.05, 4.69) is 32.7 Å². The topological polar surface area (TPSA) is 82.7 Å². The molecule has 2 aromatic rings. The maximum atomic E-state index is 11.8. The molecule has 0 radical (unpaired) electrons. The number of amides is 1. The Morgan fingerprint density at radius 1 is 1.39 bits per heavy atom. The molecule has 2 aromatic heterocycles. The van der Waals surface area contributed by atoms with Crippen LogP contribution >= 0.6 is 0 Å². The van der Waals surface area contributed by atoms with Gasteiger partial charge in [-0.15, -0.1) is 0 Å². The van der Waals surface area contributed by atoms with Crippen molar-refractivity contribution in [2.24, 2.45) is 0 Å². The lowest BCUT2D eigenvalue weighted by Gasteiger charge is -2.05. The van der Waals surface area contributed by atoms with E-state index >= 15 is 0 Å². The summed E-state index contributed by atoms with van der Waals surface area (Å²) in [4.78, 5) is 16.0. The lowest BCUT2D eigenvalue weighted by atomic mass is 10.2. The summed E-state index contributed by atoms with van der Waals surface area (Å²) in [6.07, 6.45) is 5.74. The van der Waals surface area contributed by atoms with Gasteiger partial charge in [0.05, 0.1) is 17.4 Å². The van der Waals surface area contributed by atoms with Crippen molar-refractivity contribution in [3.8, 4) is 0 Å². The van der Waals surface area contributed by atoms with Crippen LogP contribution in [-0.4, -0.2) is 27.6 Å². The molecule has 18 heavy (non-hydrogen) atoms. The van der Waals surface area contributed by atoms with Gasteiger partial charge in [0, 0.05) is 18.9 Å². The predicted molar refractivity (Wildman–Crippen MR) is 69.6 cm³/mol. The van der Waals surface area contributed by atoms with Crippen LogP contribution in [0.5, 0.6) is 0 Å². The van der Waals surface area contributed by atoms with Crippen molar-refractivity contribution in [2.75, 3.05) is 17.2 Å². The molecule has 0 aliphatic heterocycles. The van der Waals surface area contributed by atoms with Crippen LogP contribution in [0.1, 0.15) is 23.7 Å². The standard InChI is InChI=1S/C12H15N5O/c1-2-5-13-11-4-3-9(6-14-11)12(18)17-10-7-15-16-8-10/h3-4,6-8H,2,5H2,1H3,(H,13,14)(H,15,16)(H,17,18). The second-order valence-corrected chi connectivity index (χ2v) is 3.80. The highest BCUT2D eigenvalue weighted by atomic mass is 16.1. The van der Waals surface area contributed by atoms with Crippen LogP contribution in [-0.2, 0) is 0 Å². The van der Waals surface area contributed by atoms with E-state index in [1.165, 1.54) is 0 Å². The van der Waals surface area contributed by atoms with Crippen LogP contribution in [0, 0.1) is 0 Å². The molecule has 0 unspecified atom stereocenters. The van der Waals surface area contributed by atoms with E-state index in [4.69, 9.17) is 0 Å². The lowest BCUT2D eigenvalue weighted by molar-refractivity contribution is 0.102. The van der Waals surface area contributed by atoms with E-state index in [0.717, 1.165) is 18.8 Å². The molecule has 1 amide bonds. The summed E-state index contributed by atoms with van der Waals surface area (Å²) in [6, 6.07) is 3.53. The molecular formula is C12H15N5O. The van der Waals surface area contributed by atoms with Crippen molar-refractivity contribution < 1.29 is 4.79 Å². The minimum atomic E-state index is -0.203. The minimum Gasteiger partial charge on any atom is -0.370 e. The smallest absolute Gasteiger partial charge is 0.257 e. The van der Waals surface area contributed by atoms with Crippen LogP contribution in [0.2, 0.25) is 0 Å². The van der Waals surface area contributed by atoms with E-state index in [-0.39, 0.29) is 5.91 Å². The number of hydrogen-bond donors (Lipinski definition) is 3. The van der Waals surface area contributed by atoms with Crippen molar-refractivity contribution in [1.82, 2.24) is 15.2 Å². The lowest BCUT2D eigenvalue weighted by Crippen LogP contribution is -2.12. The van der Waals surface area contributed by atoms with Gasteiger partial charge in [0.15, 0.2) is 0 Å². The summed E-state index contributed by atoms with van der Waals surface area (Å²) < 4.78 is 0. The fourth-order valence-electron chi connectivity index (χ4n) is 1.41. The second kappa shape index (κ2) is 5.81. The van der Waals surface area contributed by atoms with Crippen molar-refractivity contribution >= 4 is 17.4 Å². The number of pyridine rings is 1. The molecule has 0 aromatic carbocycles. The van der Waals surface area contributed by atoms with Crippen LogP contribution in [0.15, 0.2) is 30.7 Å². The van der Waals surface area contributed by atoms with Crippen molar-refractivity contribution in [1.29, 1.82) is 0 Å². The van der Waals surface area contributed by atoms with Gasteiger partial charge in [-0.2, -0.15) is 5.10 Å². The molecule has 0 bridgehead atoms. The fraction of sp³-hybridized carbons (Fsp3) is 0.250. The molecule has 94 valence electrons. The molecule has 2 heterocycles. The van der Waals surface area contributed by atoms with Crippen LogP contribution in [0.3, 0.4) is 0 Å². The average molecular weight is 245 g/mol. The fourth-order valence-corrected chi connectivity index (χ4v) is 1.41. The van der Waals surface area contributed by atoms with Gasteiger partial charge in [-0.25, -0.2) is 4.98 Å². The van der Waals surface area contributed by atoms with Gasteiger partial charge >= 0.3 is 0 Å². The first-order valence-electron chi connectivity index (χ1n) is 5.79. The molecule has 0 aliphatic carbocycles. The summed E-state index contributed by atoms with van der Waals surface area (Å²) in [5, 5.41) is 12.2. The molecule has 0 atom stereocenters. The zero-order valence-corrected chi connectivity index (χ0v) is 10.1. The summed E-state index contributed by atoms with van der Waals surface area (Å²) in [7, 11) is 0. The molecule has 0 saturated carbocycles. The molecule has 3 N–H and O–H groups in total. The monoisotopic (exact) mass is 245 g/mol. The Balaban J connectivity index is 1.98. The molecule has 6 nitrogen and oxygen atoms in total. The quantitative estimate of drug-likeness (QED) is 0.751. The molecule has 0 spiro atoms. The molecule has 0 aliphatic rings. The number of nitrogens with one attached hydrogen (secondary N) is 3. The Labute approximate surface area is 105 Å². The highest BCUT2D eigenvalue weighted by Crippen LogP contribution is 2.08. The average Bonchev–Trinajstić information content (AvgIpc) is 2.89. The highest BCUT2D eigenvalue weighted by Gasteiger charge is 2.06. The highest BCUT2D eigenvalue weighted by molar-refractivity contribution is 6.03. The molecule has 0 fully saturated rings. The SMILES string of the molecule is CCCNc1ccc(C(=O)Nc2cn[nH]c2)cn1. The second-order valence-electron chi connectivity index (χ2n) is 3.80. The number of carbonyl (C=O) groups excluding carboxylic acids is 1. The summed E-state index contributed by atoms with van der Waals surface area (Å²) in [5.41, 5.74) is 1.14. The van der Waals surface area contributed by atoms with E-state index < -0.39 is 0 Å². The molecular weight excluding hydrogens is 230 g/mol. The summed E-state index contributed by atoms with van der Waals surface area (Å²) >= 11 is 0. The van der Waals surface area contributed by atoms with Gasteiger partial charge < -0.3 is 10.6 Å². The number of nitrogens with zero attached hydrogens (tertiary/aromatic N) is 2. The zero-order valence-electron chi connectivity index (χ0n) is 10.1. The summed E-state index contributed by atoms with van der Waals surface area (Å²) in [6.45, 7) is 2.95. The number of hydrogen-bond acceptors (Lipinski definition) is 4. The van der Waals surface area contributed by atoms with Gasteiger partial charge in [0.2, 0.25) is 0 Å². The van der Waals surface area contributed by atoms with E-state index in [9.17, 15) is 4.79 Å². The number of carbonyl (C=O) groups is 1. The Morgan fingerprint density at radius 3 is 2.89 bits per heavy atom. The minimum absolute atomic E-state index is 0.203. The Kier molecular flexibility index (Phi) is 3.90. The normalized spacial score (nSPS) is 10.1. The van der Waals surface area contributed by atoms with Crippen molar-refractivity contribution in [3.05, 3.63) is 36.3 Å². The third-order valence-electron chi connectivity index (χ3n) is 2.34. The molecule has 6 heteroatoms. The maximum absolute atomic E-state index is 11.8. The third-order valence-corrected chi connectivity index (χ3v) is 2.34. The van der Waals surface area contributed by atoms with E-state index in [1.54, 1.807) is 30.7 Å². The maximum Gasteiger partial charge on any atom is 0.257 e. The third kappa shape index (κ3) is 3.07. The zero-order chi connectivity index (χ0) is 12.8. The van der Waals surface area contributed by atoms with Crippen LogP contribution < -0.4 is 10.6 Å². The van der Waals surface area contributed by atoms with E-state index in [1.807, 2.05) is 0 Å². The molecule has 2 rings (SSSR count). The van der Waals surface area contributed by atoms with Gasteiger partial charge in [-0.1, -0.05) is 6.92 Å². The Morgan fingerprint density at radius 2 is 2.28 bits per heavy atom. The molecule has 0 saturated heterocycles. The first-order chi connectivity index (χ1) is 8.79. The van der Waals surface area contributed by atoms with Crippen LogP contribution in [0.25, 0.3) is 0 Å². The number of H-pyrrole nitrogens is 1. The van der Waals surface area contributed by atoms with Gasteiger partial charge in [-0.3, -0.25) is 9.89 Å². The van der Waals surface area contributed by atoms with Crippen molar-refractivity contribution in [3.63, 3.8) is 0 Å². The number of rotatable bonds is 5. The van der Waals surface area contributed by atoms with Gasteiger partial charge in [0.1, 0.15) is 5.82 Å². The number of aromatic amines is 1. The van der Waals surface area contributed by atoms with E-state index in [0.29, 0.717) is 11.3 Å². The number of aromatic nitrogens is 3. The Bertz CT molecular complexity index is 492. The first-order valence-corrected chi connectivity index (χ1v) is 5.79. The summed E-state index contributed by atoms with van der Waals surface area (Å²) in [5.74, 6) is 0.572. The predicted octanol–water partition coefficient (Wildman–Crippen LogP) is 1.88. The largest absolute Gasteiger partial charge is 0.370 e. The first kappa shape index (κ1) is 12.1. The van der Waals surface area contributed by atoms with Crippen LogP contribution in [0.4, 0.5) is 11.5 Å². The number of anilines is 2. The van der Waals surface area contributed by atoms with Crippen molar-refractivity contribution in [2.45, 2.75) is 13.3 Å². The van der Waals surface area contributed by atoms with Gasteiger partial charge in [-0.05, 0) is 18.6 Å². The Hall–Kier alpha value is -2.37.